The molecule has 0 saturated heterocycles. The Kier molecular flexibility index (Phi) is 3.42. The fourth-order valence-electron chi connectivity index (χ4n) is 1.44. The zero-order valence-electron chi connectivity index (χ0n) is 10.6. The third kappa shape index (κ3) is 2.75. The summed E-state index contributed by atoms with van der Waals surface area (Å²) in [5, 5.41) is 4.18. The quantitative estimate of drug-likeness (QED) is 0.631. The molecule has 18 heavy (non-hydrogen) atoms. The zero-order chi connectivity index (χ0) is 13.1. The molecule has 0 atom stereocenters. The molecule has 0 aromatic carbocycles. The molecule has 0 spiro atoms. The second kappa shape index (κ2) is 5.01. The highest BCUT2D eigenvalue weighted by atomic mass is 16.5. The Balaban J connectivity index is 2.19. The average molecular weight is 248 g/mol. The van der Waals surface area contributed by atoms with Crippen molar-refractivity contribution in [3.05, 3.63) is 24.3 Å². The lowest BCUT2D eigenvalue weighted by atomic mass is 10.4. The lowest BCUT2D eigenvalue weighted by molar-refractivity contribution is 0.456. The van der Waals surface area contributed by atoms with Gasteiger partial charge in [-0.05, 0) is 20.8 Å². The zero-order valence-corrected chi connectivity index (χ0v) is 10.6. The molecule has 0 amide bonds. The molecule has 0 unspecified atom stereocenters. The molecule has 2 aromatic rings. The molecule has 7 nitrogen and oxygen atoms in total. The monoisotopic (exact) mass is 248 g/mol. The second-order valence-corrected chi connectivity index (χ2v) is 4.13. The van der Waals surface area contributed by atoms with Gasteiger partial charge in [0, 0.05) is 12.1 Å². The van der Waals surface area contributed by atoms with Crippen molar-refractivity contribution in [2.45, 2.75) is 26.8 Å². The average Bonchev–Trinajstić information content (AvgIpc) is 2.76. The van der Waals surface area contributed by atoms with Crippen LogP contribution >= 0.6 is 0 Å². The maximum Gasteiger partial charge on any atom is 0.224 e. The summed E-state index contributed by atoms with van der Waals surface area (Å²) < 4.78 is 7.41. The molecule has 3 N–H and O–H groups in total. The summed E-state index contributed by atoms with van der Waals surface area (Å²) in [6.45, 7) is 5.86. The fraction of sp³-hybridized carbons (Fsp3) is 0.364. The van der Waals surface area contributed by atoms with Crippen LogP contribution in [0.2, 0.25) is 0 Å². The lowest BCUT2D eigenvalue weighted by Gasteiger charge is -2.06. The standard InChI is InChI=1S/C11H16N6O/c1-7(2)17-6-9(5-13-17)18-11-4-10(16-12)14-8(3)15-11/h4-7H,12H2,1-3H3,(H,14,15,16). The number of aromatic nitrogens is 4. The molecule has 0 fully saturated rings. The van der Waals surface area contributed by atoms with Crippen LogP contribution in [0.15, 0.2) is 18.5 Å². The van der Waals surface area contributed by atoms with Gasteiger partial charge < -0.3 is 10.2 Å². The third-order valence-corrected chi connectivity index (χ3v) is 2.29. The van der Waals surface area contributed by atoms with Gasteiger partial charge in [-0.3, -0.25) is 4.68 Å². The van der Waals surface area contributed by atoms with Gasteiger partial charge in [-0.15, -0.1) is 0 Å². The Morgan fingerprint density at radius 2 is 2.17 bits per heavy atom. The van der Waals surface area contributed by atoms with E-state index in [1.807, 2.05) is 24.7 Å². The molecular formula is C11H16N6O. The molecule has 0 aliphatic carbocycles. The summed E-state index contributed by atoms with van der Waals surface area (Å²) in [5.41, 5.74) is 2.47. The Morgan fingerprint density at radius 3 is 2.78 bits per heavy atom. The maximum atomic E-state index is 5.60. The number of nitrogens with two attached hydrogens (primary N) is 1. The summed E-state index contributed by atoms with van der Waals surface area (Å²) in [6.07, 6.45) is 3.46. The number of nitrogens with zero attached hydrogens (tertiary/aromatic N) is 4. The van der Waals surface area contributed by atoms with Crippen LogP contribution in [-0.2, 0) is 0 Å². The van der Waals surface area contributed by atoms with Gasteiger partial charge in [0.1, 0.15) is 11.6 Å². The fourth-order valence-corrected chi connectivity index (χ4v) is 1.44. The van der Waals surface area contributed by atoms with E-state index in [1.165, 1.54) is 0 Å². The van der Waals surface area contributed by atoms with Gasteiger partial charge in [0.2, 0.25) is 5.88 Å². The van der Waals surface area contributed by atoms with E-state index < -0.39 is 0 Å². The largest absolute Gasteiger partial charge is 0.436 e. The van der Waals surface area contributed by atoms with Gasteiger partial charge in [-0.2, -0.15) is 10.1 Å². The first-order chi connectivity index (χ1) is 8.58. The number of nitrogen functional groups attached to an aromatic ring is 1. The molecular weight excluding hydrogens is 232 g/mol. The predicted octanol–water partition coefficient (Wildman–Crippen LogP) is 1.64. The first-order valence-corrected chi connectivity index (χ1v) is 5.63. The molecule has 0 radical (unpaired) electrons. The van der Waals surface area contributed by atoms with E-state index in [0.29, 0.717) is 23.3 Å². The normalized spacial score (nSPS) is 10.7. The van der Waals surface area contributed by atoms with Gasteiger partial charge >= 0.3 is 0 Å². The lowest BCUT2D eigenvalue weighted by Crippen LogP contribution is -2.09. The molecule has 0 aliphatic rings. The Hall–Kier alpha value is -2.15. The highest BCUT2D eigenvalue weighted by Crippen LogP contribution is 2.21. The van der Waals surface area contributed by atoms with Crippen molar-refractivity contribution in [1.29, 1.82) is 0 Å². The van der Waals surface area contributed by atoms with E-state index in [9.17, 15) is 0 Å². The number of hydrogen-bond acceptors (Lipinski definition) is 6. The summed E-state index contributed by atoms with van der Waals surface area (Å²) >= 11 is 0. The Bertz CT molecular complexity index is 536. The topological polar surface area (TPSA) is 90.9 Å². The number of anilines is 1. The van der Waals surface area contributed by atoms with Crippen molar-refractivity contribution in [1.82, 2.24) is 19.7 Å². The molecule has 2 rings (SSSR count). The molecule has 0 bridgehead atoms. The summed E-state index contributed by atoms with van der Waals surface area (Å²) in [4.78, 5) is 8.24. The van der Waals surface area contributed by atoms with Crippen LogP contribution in [0.25, 0.3) is 0 Å². The van der Waals surface area contributed by atoms with E-state index in [1.54, 1.807) is 19.2 Å². The SMILES string of the molecule is Cc1nc(NN)cc(Oc2cnn(C(C)C)c2)n1. The van der Waals surface area contributed by atoms with Crippen LogP contribution in [0.1, 0.15) is 25.7 Å². The summed E-state index contributed by atoms with van der Waals surface area (Å²) in [5.74, 6) is 7.46. The van der Waals surface area contributed by atoms with E-state index in [2.05, 4.69) is 20.5 Å². The minimum Gasteiger partial charge on any atom is -0.436 e. The summed E-state index contributed by atoms with van der Waals surface area (Å²) in [6, 6.07) is 1.91. The molecule has 0 saturated carbocycles. The number of hydrogen-bond donors (Lipinski definition) is 2. The van der Waals surface area contributed by atoms with E-state index in [-0.39, 0.29) is 6.04 Å². The van der Waals surface area contributed by atoms with Crippen molar-refractivity contribution in [3.63, 3.8) is 0 Å². The van der Waals surface area contributed by atoms with Crippen molar-refractivity contribution >= 4 is 5.82 Å². The third-order valence-electron chi connectivity index (χ3n) is 2.29. The van der Waals surface area contributed by atoms with Gasteiger partial charge in [-0.1, -0.05) is 0 Å². The molecule has 2 aromatic heterocycles. The maximum absolute atomic E-state index is 5.60. The number of hydrazine groups is 1. The Labute approximate surface area is 105 Å². The van der Waals surface area contributed by atoms with Crippen LogP contribution in [0.3, 0.4) is 0 Å². The molecule has 96 valence electrons. The minimum absolute atomic E-state index is 0.288. The molecule has 2 heterocycles. The van der Waals surface area contributed by atoms with Gasteiger partial charge in [0.05, 0.1) is 12.4 Å². The van der Waals surface area contributed by atoms with E-state index >= 15 is 0 Å². The van der Waals surface area contributed by atoms with E-state index in [4.69, 9.17) is 10.6 Å². The first-order valence-electron chi connectivity index (χ1n) is 5.63. The van der Waals surface area contributed by atoms with Crippen LogP contribution in [-0.4, -0.2) is 19.7 Å². The van der Waals surface area contributed by atoms with Crippen LogP contribution < -0.4 is 16.0 Å². The smallest absolute Gasteiger partial charge is 0.224 e. The number of ether oxygens (including phenoxy) is 1. The second-order valence-electron chi connectivity index (χ2n) is 4.13. The molecule has 0 aliphatic heterocycles. The highest BCUT2D eigenvalue weighted by molar-refractivity contribution is 5.38. The van der Waals surface area contributed by atoms with Crippen molar-refractivity contribution < 1.29 is 4.74 Å². The molecule has 7 heteroatoms. The predicted molar refractivity (Wildman–Crippen MR) is 67.3 cm³/mol. The van der Waals surface area contributed by atoms with Gasteiger partial charge in [0.15, 0.2) is 5.75 Å². The highest BCUT2D eigenvalue weighted by Gasteiger charge is 2.06. The van der Waals surface area contributed by atoms with Crippen LogP contribution in [0.4, 0.5) is 5.82 Å². The number of aryl methyl sites for hydroxylation is 1. The van der Waals surface area contributed by atoms with Gasteiger partial charge in [-0.25, -0.2) is 10.8 Å². The Morgan fingerprint density at radius 1 is 1.39 bits per heavy atom. The van der Waals surface area contributed by atoms with Crippen LogP contribution in [0.5, 0.6) is 11.6 Å². The first kappa shape index (κ1) is 12.3. The van der Waals surface area contributed by atoms with E-state index in [0.717, 1.165) is 0 Å². The van der Waals surface area contributed by atoms with Gasteiger partial charge in [0.25, 0.3) is 0 Å². The summed E-state index contributed by atoms with van der Waals surface area (Å²) in [7, 11) is 0. The van der Waals surface area contributed by atoms with Crippen molar-refractivity contribution in [3.8, 4) is 11.6 Å². The van der Waals surface area contributed by atoms with Crippen LogP contribution in [0, 0.1) is 6.92 Å². The van der Waals surface area contributed by atoms with Crippen molar-refractivity contribution in [2.24, 2.45) is 5.84 Å². The minimum atomic E-state index is 0.288. The number of rotatable bonds is 4. The number of nitrogens with one attached hydrogen (secondary N) is 1. The van der Waals surface area contributed by atoms with Crippen molar-refractivity contribution in [2.75, 3.05) is 5.43 Å².